The van der Waals surface area contributed by atoms with Gasteiger partial charge < -0.3 is 20.5 Å². The lowest BCUT2D eigenvalue weighted by molar-refractivity contribution is -0.120. The molecule has 32 heavy (non-hydrogen) atoms. The van der Waals surface area contributed by atoms with Crippen molar-refractivity contribution in [3.63, 3.8) is 0 Å². The van der Waals surface area contributed by atoms with Crippen LogP contribution in [-0.4, -0.2) is 66.9 Å². The van der Waals surface area contributed by atoms with Gasteiger partial charge in [0.25, 0.3) is 0 Å². The van der Waals surface area contributed by atoms with Gasteiger partial charge in [0.1, 0.15) is 5.75 Å². The molecule has 1 atom stereocenters. The number of methoxy groups -OCH3 is 1. The van der Waals surface area contributed by atoms with Gasteiger partial charge in [-0.1, -0.05) is 46.5 Å². The summed E-state index contributed by atoms with van der Waals surface area (Å²) in [4.78, 5) is 29.8. The van der Waals surface area contributed by atoms with Gasteiger partial charge in [0.2, 0.25) is 11.8 Å². The molecule has 2 heterocycles. The molecule has 0 bridgehead atoms. The zero-order chi connectivity index (χ0) is 22.9. The van der Waals surface area contributed by atoms with Gasteiger partial charge in [-0.2, -0.15) is 0 Å². The molecule has 1 aliphatic rings. The number of alkyl halides is 1. The number of halogens is 1. The first-order valence-corrected chi connectivity index (χ1v) is 13.5. The number of thioether (sulfide) groups is 1. The van der Waals surface area contributed by atoms with E-state index in [1.807, 2.05) is 6.07 Å². The third-order valence-corrected chi connectivity index (χ3v) is 7.75. The second-order valence-electron chi connectivity index (χ2n) is 7.35. The molecule has 1 aliphatic heterocycles. The highest BCUT2D eigenvalue weighted by Gasteiger charge is 2.21. The molecule has 11 heteroatoms. The van der Waals surface area contributed by atoms with Crippen molar-refractivity contribution in [2.24, 2.45) is 5.73 Å². The number of rotatable bonds is 11. The Hall–Kier alpha value is -1.41. The van der Waals surface area contributed by atoms with Crippen LogP contribution in [0, 0.1) is 0 Å². The smallest absolute Gasteiger partial charge is 0.230 e. The van der Waals surface area contributed by atoms with Gasteiger partial charge in [-0.25, -0.2) is 4.98 Å². The van der Waals surface area contributed by atoms with E-state index in [1.54, 1.807) is 12.5 Å². The number of morpholine rings is 1. The summed E-state index contributed by atoms with van der Waals surface area (Å²) in [5, 5.41) is 4.75. The summed E-state index contributed by atoms with van der Waals surface area (Å²) >= 11 is 5.11. The van der Waals surface area contributed by atoms with Gasteiger partial charge in [-0.05, 0) is 11.6 Å². The van der Waals surface area contributed by atoms with Crippen molar-refractivity contribution in [1.82, 2.24) is 15.2 Å². The lowest BCUT2D eigenvalue weighted by Crippen LogP contribution is -2.47. The predicted molar refractivity (Wildman–Crippen MR) is 134 cm³/mol. The van der Waals surface area contributed by atoms with Crippen molar-refractivity contribution in [2.75, 3.05) is 39.1 Å². The molecule has 174 valence electrons. The number of hydrogen-bond acceptors (Lipinski definition) is 8. The molecule has 1 fully saturated rings. The van der Waals surface area contributed by atoms with E-state index in [4.69, 9.17) is 15.2 Å². The summed E-state index contributed by atoms with van der Waals surface area (Å²) in [6.45, 7) is 3.59. The van der Waals surface area contributed by atoms with E-state index in [2.05, 4.69) is 49.9 Å². The van der Waals surface area contributed by atoms with Crippen LogP contribution in [0.1, 0.15) is 16.8 Å². The van der Waals surface area contributed by atoms with Crippen LogP contribution < -0.4 is 15.8 Å². The molecule has 0 aliphatic carbocycles. The van der Waals surface area contributed by atoms with E-state index in [1.165, 1.54) is 34.2 Å². The fourth-order valence-electron chi connectivity index (χ4n) is 3.36. The van der Waals surface area contributed by atoms with Gasteiger partial charge >= 0.3 is 0 Å². The molecule has 1 saturated heterocycles. The Kier molecular flexibility index (Phi) is 10.0. The first kappa shape index (κ1) is 25.2. The third kappa shape index (κ3) is 7.87. The number of amides is 2. The fourth-order valence-corrected chi connectivity index (χ4v) is 5.63. The monoisotopic (exact) mass is 590 g/mol. The SMILES string of the molecule is COc1ccc(CN2CCO[C@@H](CNC(=O)CSc3nc(CC(N)=O)cs3)C2)cc1CI. The van der Waals surface area contributed by atoms with E-state index in [0.717, 1.165) is 34.2 Å². The molecular weight excluding hydrogens is 563 g/mol. The van der Waals surface area contributed by atoms with E-state index >= 15 is 0 Å². The van der Waals surface area contributed by atoms with Crippen molar-refractivity contribution in [1.29, 1.82) is 0 Å². The molecule has 2 aromatic rings. The van der Waals surface area contributed by atoms with Crippen LogP contribution in [0.3, 0.4) is 0 Å². The normalized spacial score (nSPS) is 16.6. The second kappa shape index (κ2) is 12.7. The molecule has 8 nitrogen and oxygen atoms in total. The number of nitrogens with one attached hydrogen (secondary N) is 1. The molecule has 3 N–H and O–H groups in total. The van der Waals surface area contributed by atoms with Gasteiger partial charge in [-0.15, -0.1) is 11.3 Å². The van der Waals surface area contributed by atoms with E-state index in [0.29, 0.717) is 18.8 Å². The van der Waals surface area contributed by atoms with Crippen LogP contribution in [0.4, 0.5) is 0 Å². The lowest BCUT2D eigenvalue weighted by Gasteiger charge is -2.33. The summed E-state index contributed by atoms with van der Waals surface area (Å²) in [5.41, 5.74) is 8.26. The number of carbonyl (C=O) groups excluding carboxylic acids is 2. The van der Waals surface area contributed by atoms with Crippen LogP contribution >= 0.6 is 45.7 Å². The second-order valence-corrected chi connectivity index (χ2v) is 10.2. The zero-order valence-electron chi connectivity index (χ0n) is 17.8. The average Bonchev–Trinajstić information content (AvgIpc) is 3.23. The minimum atomic E-state index is -0.413. The van der Waals surface area contributed by atoms with Crippen LogP contribution in [-0.2, 0) is 31.7 Å². The lowest BCUT2D eigenvalue weighted by atomic mass is 10.1. The number of nitrogens with zero attached hydrogens (tertiary/aromatic N) is 2. The maximum Gasteiger partial charge on any atom is 0.230 e. The maximum atomic E-state index is 12.2. The summed E-state index contributed by atoms with van der Waals surface area (Å²) < 4.78 is 12.9. The van der Waals surface area contributed by atoms with Gasteiger partial charge in [-0.3, -0.25) is 14.5 Å². The molecule has 0 unspecified atom stereocenters. The quantitative estimate of drug-likeness (QED) is 0.235. The molecule has 0 spiro atoms. The Labute approximate surface area is 209 Å². The Morgan fingerprint density at radius 2 is 2.31 bits per heavy atom. The molecule has 3 rings (SSSR count). The minimum Gasteiger partial charge on any atom is -0.496 e. The highest BCUT2D eigenvalue weighted by molar-refractivity contribution is 14.1. The minimum absolute atomic E-state index is 0.0398. The number of aromatic nitrogens is 1. The maximum absolute atomic E-state index is 12.2. The topological polar surface area (TPSA) is 107 Å². The standard InChI is InChI=1S/C21H27IN4O4S2/c1-29-18-3-2-14(6-15(18)8-22)10-26-4-5-30-17(11-26)9-24-20(28)13-32-21-25-16(12-31-21)7-19(23)27/h2-3,6,12,17H,4-5,7-11,13H2,1H3,(H2,23,27)(H,24,28)/t17-/m0/s1. The first-order chi connectivity index (χ1) is 15.5. The summed E-state index contributed by atoms with van der Waals surface area (Å²) in [7, 11) is 1.70. The van der Waals surface area contributed by atoms with Crippen LogP contribution in [0.5, 0.6) is 5.75 Å². The first-order valence-electron chi connectivity index (χ1n) is 10.1. The predicted octanol–water partition coefficient (Wildman–Crippen LogP) is 2.22. The summed E-state index contributed by atoms with van der Waals surface area (Å²) in [6.07, 6.45) is 0.0799. The number of hydrogen-bond donors (Lipinski definition) is 2. The molecule has 0 radical (unpaired) electrons. The van der Waals surface area contributed by atoms with E-state index < -0.39 is 5.91 Å². The molecule has 0 saturated carbocycles. The molecule has 2 amide bonds. The van der Waals surface area contributed by atoms with Crippen molar-refractivity contribution in [3.8, 4) is 5.75 Å². The number of nitrogens with two attached hydrogens (primary N) is 1. The number of benzene rings is 1. The van der Waals surface area contributed by atoms with Gasteiger partial charge in [0.05, 0.1) is 37.7 Å². The van der Waals surface area contributed by atoms with Gasteiger partial charge in [0.15, 0.2) is 4.34 Å². The van der Waals surface area contributed by atoms with E-state index in [-0.39, 0.29) is 24.2 Å². The molecule has 1 aromatic heterocycles. The number of carbonyl (C=O) groups is 2. The highest BCUT2D eigenvalue weighted by atomic mass is 127. The number of ether oxygens (including phenoxy) is 2. The van der Waals surface area contributed by atoms with Gasteiger partial charge in [0, 0.05) is 41.6 Å². The van der Waals surface area contributed by atoms with Crippen molar-refractivity contribution in [3.05, 3.63) is 40.4 Å². The molecular formula is C21H27IN4O4S2. The van der Waals surface area contributed by atoms with Crippen LogP contribution in [0.15, 0.2) is 27.9 Å². The van der Waals surface area contributed by atoms with Crippen molar-refractivity contribution in [2.45, 2.75) is 27.8 Å². The van der Waals surface area contributed by atoms with Crippen molar-refractivity contribution >= 4 is 57.5 Å². The largest absolute Gasteiger partial charge is 0.496 e. The summed E-state index contributed by atoms with van der Waals surface area (Å²) in [5.74, 6) is 0.712. The van der Waals surface area contributed by atoms with E-state index in [9.17, 15) is 9.59 Å². The Balaban J connectivity index is 1.41. The molecule has 1 aromatic carbocycles. The van der Waals surface area contributed by atoms with Crippen LogP contribution in [0.25, 0.3) is 0 Å². The highest BCUT2D eigenvalue weighted by Crippen LogP contribution is 2.24. The third-order valence-electron chi connectivity index (χ3n) is 4.86. The summed E-state index contributed by atoms with van der Waals surface area (Å²) in [6, 6.07) is 6.33. The Bertz CT molecular complexity index is 927. The number of primary amides is 1. The number of thiazole rings is 1. The average molecular weight is 591 g/mol. The fraction of sp³-hybridized carbons (Fsp3) is 0.476. The van der Waals surface area contributed by atoms with Crippen molar-refractivity contribution < 1.29 is 19.1 Å². The van der Waals surface area contributed by atoms with Crippen LogP contribution in [0.2, 0.25) is 0 Å². The Morgan fingerprint density at radius 1 is 1.47 bits per heavy atom. The Morgan fingerprint density at radius 3 is 3.06 bits per heavy atom. The zero-order valence-corrected chi connectivity index (χ0v) is 21.6.